The summed E-state index contributed by atoms with van der Waals surface area (Å²) >= 11 is 0. The maximum absolute atomic E-state index is 12.1. The topological polar surface area (TPSA) is 64.4 Å². The van der Waals surface area contributed by atoms with Gasteiger partial charge in [0.1, 0.15) is 0 Å². The molecule has 0 aromatic carbocycles. The monoisotopic (exact) mass is 240 g/mol. The van der Waals surface area contributed by atoms with Crippen LogP contribution in [0.3, 0.4) is 0 Å². The van der Waals surface area contributed by atoms with Crippen molar-refractivity contribution >= 4 is 5.91 Å². The van der Waals surface area contributed by atoms with Gasteiger partial charge in [0.15, 0.2) is 0 Å². The Morgan fingerprint density at radius 2 is 2.06 bits per heavy atom. The van der Waals surface area contributed by atoms with E-state index < -0.39 is 0 Å². The second-order valence-electron chi connectivity index (χ2n) is 5.76. The van der Waals surface area contributed by atoms with Gasteiger partial charge >= 0.3 is 0 Å². The van der Waals surface area contributed by atoms with Crippen LogP contribution in [0.4, 0.5) is 0 Å². The Balaban J connectivity index is 1.76. The van der Waals surface area contributed by atoms with Crippen molar-refractivity contribution in [1.29, 1.82) is 0 Å². The predicted octanol–water partition coefficient (Wildman–Crippen LogP) is 0.904. The van der Waals surface area contributed by atoms with Gasteiger partial charge in [-0.2, -0.15) is 0 Å². The van der Waals surface area contributed by atoms with Crippen LogP contribution in [0.1, 0.15) is 32.6 Å². The Kier molecular flexibility index (Phi) is 4.05. The fourth-order valence-electron chi connectivity index (χ4n) is 3.09. The lowest BCUT2D eigenvalue weighted by Crippen LogP contribution is -2.54. The Morgan fingerprint density at radius 1 is 1.41 bits per heavy atom. The highest BCUT2D eigenvalue weighted by Crippen LogP contribution is 2.44. The second-order valence-corrected chi connectivity index (χ2v) is 5.76. The quantitative estimate of drug-likeness (QED) is 0.767. The van der Waals surface area contributed by atoms with Crippen molar-refractivity contribution in [2.45, 2.75) is 32.6 Å². The van der Waals surface area contributed by atoms with Crippen LogP contribution >= 0.6 is 0 Å². The second kappa shape index (κ2) is 5.36. The van der Waals surface area contributed by atoms with Gasteiger partial charge in [-0.1, -0.05) is 6.92 Å². The smallest absolute Gasteiger partial charge is 0.227 e. The molecule has 2 fully saturated rings. The highest BCUT2D eigenvalue weighted by Gasteiger charge is 2.47. The average Bonchev–Trinajstić information content (AvgIpc) is 2.33. The third kappa shape index (κ3) is 2.80. The van der Waals surface area contributed by atoms with Crippen LogP contribution in [0.5, 0.6) is 0 Å². The summed E-state index contributed by atoms with van der Waals surface area (Å²) in [6, 6.07) is 0. The van der Waals surface area contributed by atoms with E-state index in [2.05, 4.69) is 12.2 Å². The molecule has 0 spiro atoms. The molecule has 2 aliphatic rings. The molecular formula is C13H24N2O2. The minimum absolute atomic E-state index is 0.171. The van der Waals surface area contributed by atoms with Gasteiger partial charge in [-0.3, -0.25) is 4.79 Å². The number of nitrogens with two attached hydrogens (primary N) is 1. The zero-order valence-corrected chi connectivity index (χ0v) is 10.7. The molecular weight excluding hydrogens is 216 g/mol. The molecule has 0 bridgehead atoms. The van der Waals surface area contributed by atoms with Crippen molar-refractivity contribution in [2.75, 3.05) is 26.3 Å². The van der Waals surface area contributed by atoms with Crippen molar-refractivity contribution in [3.8, 4) is 0 Å². The fourth-order valence-corrected chi connectivity index (χ4v) is 3.09. The van der Waals surface area contributed by atoms with E-state index in [4.69, 9.17) is 10.5 Å². The molecule has 4 heteroatoms. The number of carbonyl (C=O) groups is 1. The minimum Gasteiger partial charge on any atom is -0.381 e. The molecule has 1 aliphatic carbocycles. The first-order valence-corrected chi connectivity index (χ1v) is 6.72. The van der Waals surface area contributed by atoms with Gasteiger partial charge in [0.05, 0.1) is 5.41 Å². The summed E-state index contributed by atoms with van der Waals surface area (Å²) in [7, 11) is 0. The van der Waals surface area contributed by atoms with Crippen molar-refractivity contribution < 1.29 is 9.53 Å². The van der Waals surface area contributed by atoms with Gasteiger partial charge in [-0.25, -0.2) is 0 Å². The zero-order valence-electron chi connectivity index (χ0n) is 10.7. The molecule has 4 nitrogen and oxygen atoms in total. The molecule has 0 atom stereocenters. The van der Waals surface area contributed by atoms with E-state index in [0.29, 0.717) is 18.4 Å². The van der Waals surface area contributed by atoms with Gasteiger partial charge in [0.25, 0.3) is 0 Å². The molecule has 1 saturated heterocycles. The highest BCUT2D eigenvalue weighted by atomic mass is 16.5. The average molecular weight is 240 g/mol. The van der Waals surface area contributed by atoms with Crippen LogP contribution in [0.25, 0.3) is 0 Å². The number of rotatable bonds is 4. The summed E-state index contributed by atoms with van der Waals surface area (Å²) in [6.07, 6.45) is 4.02. The van der Waals surface area contributed by atoms with E-state index in [9.17, 15) is 4.79 Å². The summed E-state index contributed by atoms with van der Waals surface area (Å²) in [5.74, 6) is 1.40. The molecule has 0 radical (unpaired) electrons. The van der Waals surface area contributed by atoms with E-state index in [1.165, 1.54) is 0 Å². The number of amides is 1. The maximum atomic E-state index is 12.1. The van der Waals surface area contributed by atoms with Crippen LogP contribution in [0.15, 0.2) is 0 Å². The first kappa shape index (κ1) is 12.8. The van der Waals surface area contributed by atoms with E-state index in [0.717, 1.165) is 45.4 Å². The molecule has 1 amide bonds. The first-order chi connectivity index (χ1) is 8.16. The molecule has 0 aromatic heterocycles. The fraction of sp³-hybridized carbons (Fsp3) is 0.923. The number of hydrogen-bond acceptors (Lipinski definition) is 3. The third-order valence-corrected chi connectivity index (χ3v) is 4.24. The molecule has 1 saturated carbocycles. The van der Waals surface area contributed by atoms with Gasteiger partial charge in [-0.15, -0.1) is 0 Å². The Labute approximate surface area is 103 Å². The van der Waals surface area contributed by atoms with Crippen molar-refractivity contribution in [3.63, 3.8) is 0 Å². The summed E-state index contributed by atoms with van der Waals surface area (Å²) < 4.78 is 5.31. The van der Waals surface area contributed by atoms with Crippen molar-refractivity contribution in [3.05, 3.63) is 0 Å². The van der Waals surface area contributed by atoms with E-state index >= 15 is 0 Å². The number of ether oxygens (including phenoxy) is 1. The van der Waals surface area contributed by atoms with E-state index in [1.54, 1.807) is 0 Å². The van der Waals surface area contributed by atoms with Crippen LogP contribution < -0.4 is 11.1 Å². The number of hydrogen-bond donors (Lipinski definition) is 2. The molecule has 0 aromatic rings. The van der Waals surface area contributed by atoms with Gasteiger partial charge in [-0.05, 0) is 37.5 Å². The zero-order chi connectivity index (χ0) is 12.3. The number of nitrogens with one attached hydrogen (secondary N) is 1. The van der Waals surface area contributed by atoms with Gasteiger partial charge in [0, 0.05) is 26.3 Å². The molecule has 0 unspecified atom stereocenters. The Morgan fingerprint density at radius 3 is 2.59 bits per heavy atom. The summed E-state index contributed by atoms with van der Waals surface area (Å²) in [5, 5.41) is 3.09. The lowest BCUT2D eigenvalue weighted by atomic mass is 9.62. The summed E-state index contributed by atoms with van der Waals surface area (Å²) in [4.78, 5) is 12.1. The van der Waals surface area contributed by atoms with Crippen LogP contribution in [-0.4, -0.2) is 32.2 Å². The highest BCUT2D eigenvalue weighted by molar-refractivity contribution is 5.83. The van der Waals surface area contributed by atoms with Gasteiger partial charge in [0.2, 0.25) is 5.91 Å². The molecule has 3 N–H and O–H groups in total. The predicted molar refractivity (Wildman–Crippen MR) is 66.4 cm³/mol. The molecule has 2 rings (SSSR count). The maximum Gasteiger partial charge on any atom is 0.227 e. The normalized spacial score (nSPS) is 34.1. The van der Waals surface area contributed by atoms with E-state index in [1.807, 2.05) is 0 Å². The van der Waals surface area contributed by atoms with Gasteiger partial charge < -0.3 is 15.8 Å². The van der Waals surface area contributed by atoms with E-state index in [-0.39, 0.29) is 11.3 Å². The summed E-state index contributed by atoms with van der Waals surface area (Å²) in [6.45, 7) is 5.12. The minimum atomic E-state index is -0.259. The number of carbonyl (C=O) groups excluding carboxylic acids is 1. The Bertz CT molecular complexity index is 269. The lowest BCUT2D eigenvalue weighted by molar-refractivity contribution is -0.138. The Hall–Kier alpha value is -0.610. The van der Waals surface area contributed by atoms with Crippen molar-refractivity contribution in [1.82, 2.24) is 5.32 Å². The largest absolute Gasteiger partial charge is 0.381 e. The molecule has 17 heavy (non-hydrogen) atoms. The molecule has 98 valence electrons. The van der Waals surface area contributed by atoms with Crippen LogP contribution in [-0.2, 0) is 9.53 Å². The third-order valence-electron chi connectivity index (χ3n) is 4.24. The van der Waals surface area contributed by atoms with Crippen LogP contribution in [0.2, 0.25) is 0 Å². The first-order valence-electron chi connectivity index (χ1n) is 6.72. The molecule has 1 heterocycles. The SMILES string of the molecule is CC1CC(CN)(C(=O)NCC2CCOCC2)C1. The van der Waals surface area contributed by atoms with Crippen LogP contribution in [0, 0.1) is 17.3 Å². The standard InChI is InChI=1S/C13H24N2O2/c1-10-6-13(7-10,9-14)12(16)15-8-11-2-4-17-5-3-11/h10-11H,2-9,14H2,1H3,(H,15,16). The van der Waals surface area contributed by atoms with Crippen molar-refractivity contribution in [2.24, 2.45) is 23.0 Å². The lowest BCUT2D eigenvalue weighted by Gasteiger charge is -2.44. The summed E-state index contributed by atoms with van der Waals surface area (Å²) in [5.41, 5.74) is 5.50. The molecule has 1 aliphatic heterocycles.